The topological polar surface area (TPSA) is 89.0 Å². The summed E-state index contributed by atoms with van der Waals surface area (Å²) in [6.07, 6.45) is -0.469. The van der Waals surface area contributed by atoms with Gasteiger partial charge in [-0.3, -0.25) is 4.79 Å². The van der Waals surface area contributed by atoms with Gasteiger partial charge >= 0.3 is 0 Å². The lowest BCUT2D eigenvalue weighted by molar-refractivity contribution is -0.122. The van der Waals surface area contributed by atoms with E-state index in [2.05, 4.69) is 25.4 Å². The highest BCUT2D eigenvalue weighted by Crippen LogP contribution is 2.33. The number of carbonyl (C=O) groups is 1. The average Bonchev–Trinajstić information content (AvgIpc) is 2.84. The van der Waals surface area contributed by atoms with E-state index >= 15 is 0 Å². The van der Waals surface area contributed by atoms with E-state index < -0.39 is 6.10 Å². The van der Waals surface area contributed by atoms with Crippen LogP contribution in [0.4, 0.5) is 16.5 Å². The Morgan fingerprint density at radius 2 is 2.39 bits per heavy atom. The van der Waals surface area contributed by atoms with Crippen LogP contribution in [0.25, 0.3) is 0 Å². The standard InChI is InChI=1S/C10H9N5O2S/c1-5-9(16)12-7-4-6(2-3-8(7)17-5)11-10-13-14-15-18-10/h2-5H,1H3,(H,12,16)(H,11,13,15). The van der Waals surface area contributed by atoms with Crippen molar-refractivity contribution in [2.75, 3.05) is 10.6 Å². The molecule has 1 amide bonds. The highest BCUT2D eigenvalue weighted by atomic mass is 32.1. The van der Waals surface area contributed by atoms with E-state index in [-0.39, 0.29) is 5.91 Å². The summed E-state index contributed by atoms with van der Waals surface area (Å²) >= 11 is 1.15. The van der Waals surface area contributed by atoms with Gasteiger partial charge in [0.05, 0.1) is 5.69 Å². The van der Waals surface area contributed by atoms with Crippen LogP contribution in [0.1, 0.15) is 6.92 Å². The van der Waals surface area contributed by atoms with Gasteiger partial charge < -0.3 is 15.4 Å². The number of hydrogen-bond acceptors (Lipinski definition) is 7. The second kappa shape index (κ2) is 4.22. The van der Waals surface area contributed by atoms with Gasteiger partial charge in [-0.2, -0.15) is 0 Å². The molecule has 0 saturated heterocycles. The molecule has 2 N–H and O–H groups in total. The van der Waals surface area contributed by atoms with Gasteiger partial charge in [-0.1, -0.05) is 9.59 Å². The van der Waals surface area contributed by atoms with Crippen LogP contribution in [0.3, 0.4) is 0 Å². The summed E-state index contributed by atoms with van der Waals surface area (Å²) < 4.78 is 9.11. The average molecular weight is 263 g/mol. The Kier molecular flexibility index (Phi) is 2.56. The first-order chi connectivity index (χ1) is 8.72. The maximum atomic E-state index is 11.5. The normalized spacial score (nSPS) is 17.6. The third kappa shape index (κ3) is 1.97. The minimum atomic E-state index is -0.469. The highest BCUT2D eigenvalue weighted by Gasteiger charge is 2.23. The molecule has 0 bridgehead atoms. The van der Waals surface area contributed by atoms with E-state index in [4.69, 9.17) is 4.74 Å². The zero-order chi connectivity index (χ0) is 12.5. The summed E-state index contributed by atoms with van der Waals surface area (Å²) in [7, 11) is 0. The lowest BCUT2D eigenvalue weighted by Crippen LogP contribution is -2.34. The van der Waals surface area contributed by atoms with E-state index in [0.717, 1.165) is 17.2 Å². The molecular weight excluding hydrogens is 254 g/mol. The van der Waals surface area contributed by atoms with Crippen molar-refractivity contribution < 1.29 is 9.53 Å². The van der Waals surface area contributed by atoms with Crippen molar-refractivity contribution in [3.8, 4) is 5.75 Å². The largest absolute Gasteiger partial charge is 0.479 e. The fourth-order valence-corrected chi connectivity index (χ4v) is 1.98. The van der Waals surface area contributed by atoms with Crippen LogP contribution in [-0.4, -0.2) is 26.8 Å². The van der Waals surface area contributed by atoms with Crippen LogP contribution in [0.5, 0.6) is 5.75 Å². The third-order valence-corrected chi connectivity index (χ3v) is 2.97. The zero-order valence-electron chi connectivity index (χ0n) is 9.38. The minimum Gasteiger partial charge on any atom is -0.479 e. The van der Waals surface area contributed by atoms with Gasteiger partial charge in [0.1, 0.15) is 5.75 Å². The number of hydrogen-bond donors (Lipinski definition) is 2. The van der Waals surface area contributed by atoms with Gasteiger partial charge in [0.15, 0.2) is 6.10 Å². The fourth-order valence-electron chi connectivity index (χ4n) is 1.59. The van der Waals surface area contributed by atoms with Crippen molar-refractivity contribution in [1.82, 2.24) is 14.8 Å². The zero-order valence-corrected chi connectivity index (χ0v) is 10.2. The van der Waals surface area contributed by atoms with Crippen molar-refractivity contribution >= 4 is 33.9 Å². The van der Waals surface area contributed by atoms with Crippen molar-refractivity contribution in [2.24, 2.45) is 0 Å². The monoisotopic (exact) mass is 263 g/mol. The van der Waals surface area contributed by atoms with E-state index in [1.54, 1.807) is 19.1 Å². The molecule has 18 heavy (non-hydrogen) atoms. The molecule has 1 atom stereocenters. The molecule has 0 radical (unpaired) electrons. The number of rotatable bonds is 2. The predicted molar refractivity (Wildman–Crippen MR) is 66.1 cm³/mol. The number of nitrogens with zero attached hydrogens (tertiary/aromatic N) is 3. The molecule has 1 aliphatic rings. The van der Waals surface area contributed by atoms with Crippen LogP contribution in [0.15, 0.2) is 18.2 Å². The van der Waals surface area contributed by atoms with E-state index in [0.29, 0.717) is 16.6 Å². The molecule has 1 aromatic heterocycles. The summed E-state index contributed by atoms with van der Waals surface area (Å²) in [4.78, 5) is 11.5. The van der Waals surface area contributed by atoms with Crippen molar-refractivity contribution in [3.63, 3.8) is 0 Å². The Balaban J connectivity index is 1.87. The lowest BCUT2D eigenvalue weighted by Gasteiger charge is -2.23. The summed E-state index contributed by atoms with van der Waals surface area (Å²) in [5.41, 5.74) is 1.42. The number of carbonyl (C=O) groups excluding carboxylic acids is 1. The molecule has 1 aromatic carbocycles. The summed E-state index contributed by atoms with van der Waals surface area (Å²) in [6, 6.07) is 5.41. The number of fused-ring (bicyclic) bond motifs is 1. The molecule has 2 heterocycles. The fraction of sp³-hybridized carbons (Fsp3) is 0.200. The third-order valence-electron chi connectivity index (χ3n) is 2.46. The summed E-state index contributed by atoms with van der Waals surface area (Å²) in [6.45, 7) is 1.71. The predicted octanol–water partition coefficient (Wildman–Crippen LogP) is 1.40. The second-order valence-electron chi connectivity index (χ2n) is 3.75. The first-order valence-corrected chi connectivity index (χ1v) is 6.03. The Bertz CT molecular complexity index is 586. The molecule has 7 nitrogen and oxygen atoms in total. The Morgan fingerprint density at radius 3 is 3.17 bits per heavy atom. The molecular formula is C10H9N5O2S. The van der Waals surface area contributed by atoms with Gasteiger partial charge in [0, 0.05) is 17.2 Å². The number of anilines is 3. The molecule has 0 saturated carbocycles. The van der Waals surface area contributed by atoms with Gasteiger partial charge in [-0.05, 0) is 30.3 Å². The van der Waals surface area contributed by atoms with Gasteiger partial charge in [0.2, 0.25) is 5.13 Å². The van der Waals surface area contributed by atoms with Crippen molar-refractivity contribution in [3.05, 3.63) is 18.2 Å². The van der Waals surface area contributed by atoms with Gasteiger partial charge in [-0.25, -0.2) is 0 Å². The first kappa shape index (κ1) is 10.9. The maximum Gasteiger partial charge on any atom is 0.265 e. The second-order valence-corrected chi connectivity index (χ2v) is 4.49. The molecule has 0 fully saturated rings. The van der Waals surface area contributed by atoms with Crippen LogP contribution in [-0.2, 0) is 4.79 Å². The van der Waals surface area contributed by atoms with Crippen LogP contribution in [0.2, 0.25) is 0 Å². The van der Waals surface area contributed by atoms with E-state index in [1.165, 1.54) is 0 Å². The molecule has 2 aromatic rings. The Labute approximate surface area is 106 Å². The molecule has 8 heteroatoms. The quantitative estimate of drug-likeness (QED) is 0.851. The Hall–Kier alpha value is -2.22. The Morgan fingerprint density at radius 1 is 1.50 bits per heavy atom. The van der Waals surface area contributed by atoms with Gasteiger partial charge in [-0.15, -0.1) is 0 Å². The molecule has 1 aliphatic heterocycles. The first-order valence-electron chi connectivity index (χ1n) is 5.26. The molecule has 1 unspecified atom stereocenters. The van der Waals surface area contributed by atoms with Crippen LogP contribution in [0, 0.1) is 0 Å². The number of aromatic nitrogens is 3. The number of ether oxygens (including phenoxy) is 1. The molecule has 0 spiro atoms. The number of benzene rings is 1. The minimum absolute atomic E-state index is 0.155. The highest BCUT2D eigenvalue weighted by molar-refractivity contribution is 7.09. The molecule has 92 valence electrons. The van der Waals surface area contributed by atoms with Crippen molar-refractivity contribution in [1.29, 1.82) is 0 Å². The van der Waals surface area contributed by atoms with Crippen LogP contribution < -0.4 is 15.4 Å². The maximum absolute atomic E-state index is 11.5. The number of nitrogens with one attached hydrogen (secondary N) is 2. The SMILES string of the molecule is CC1Oc2ccc(Nc3nnns3)cc2NC1=O. The van der Waals surface area contributed by atoms with Gasteiger partial charge in [0.25, 0.3) is 5.91 Å². The van der Waals surface area contributed by atoms with Crippen molar-refractivity contribution in [2.45, 2.75) is 13.0 Å². The smallest absolute Gasteiger partial charge is 0.265 e. The lowest BCUT2D eigenvalue weighted by atomic mass is 10.2. The van der Waals surface area contributed by atoms with E-state index in [9.17, 15) is 4.79 Å². The number of amides is 1. The molecule has 3 rings (SSSR count). The summed E-state index contributed by atoms with van der Waals surface area (Å²) in [5.74, 6) is 0.500. The summed E-state index contributed by atoms with van der Waals surface area (Å²) in [5, 5.41) is 13.7. The molecule has 0 aliphatic carbocycles. The van der Waals surface area contributed by atoms with E-state index in [1.807, 2.05) is 6.07 Å². The van der Waals surface area contributed by atoms with Crippen LogP contribution >= 0.6 is 11.5 Å².